The van der Waals surface area contributed by atoms with Gasteiger partial charge in [0, 0.05) is 18.3 Å². The van der Waals surface area contributed by atoms with Crippen molar-refractivity contribution < 1.29 is 4.79 Å². The smallest absolute Gasteiger partial charge is 0.260 e. The van der Waals surface area contributed by atoms with Crippen LogP contribution in [0.15, 0.2) is 85.1 Å². The van der Waals surface area contributed by atoms with Crippen molar-refractivity contribution in [3.63, 3.8) is 0 Å². The fourth-order valence-corrected chi connectivity index (χ4v) is 3.92. The van der Waals surface area contributed by atoms with Gasteiger partial charge in [0.15, 0.2) is 5.82 Å². The van der Waals surface area contributed by atoms with Crippen molar-refractivity contribution in [2.75, 3.05) is 22.2 Å². The molecule has 0 aliphatic carbocycles. The Kier molecular flexibility index (Phi) is 5.21. The topological polar surface area (TPSA) is 61.4 Å². The summed E-state index contributed by atoms with van der Waals surface area (Å²) in [7, 11) is 1.91. The Morgan fingerprint density at radius 1 is 0.970 bits per heavy atom. The Bertz CT molecular complexity index is 1380. The van der Waals surface area contributed by atoms with Crippen LogP contribution in [0.1, 0.15) is 21.5 Å². The fraction of sp³-hybridized carbons (Fsp3) is 0.0741. The Hall–Kier alpha value is -4.63. The standard InChI is InChI=1S/C27H21N5O/c1-3-19-12-9-13-21(16-19)29-27-28-17-24-25(30-27)31(2)23-15-8-7-14-22(23)26(33)32(24)18-20-10-5-4-6-11-20/h1,4-17H,18H2,2H3,(H,28,29,30). The van der Waals surface area contributed by atoms with Crippen LogP contribution in [0.25, 0.3) is 0 Å². The highest BCUT2D eigenvalue weighted by molar-refractivity contribution is 6.13. The largest absolute Gasteiger partial charge is 0.327 e. The molecule has 5 rings (SSSR count). The number of nitrogens with one attached hydrogen (secondary N) is 1. The number of terminal acetylenes is 1. The highest BCUT2D eigenvalue weighted by Gasteiger charge is 2.31. The maximum Gasteiger partial charge on any atom is 0.260 e. The van der Waals surface area contributed by atoms with Crippen molar-refractivity contribution in [2.45, 2.75) is 6.54 Å². The van der Waals surface area contributed by atoms with Gasteiger partial charge < -0.3 is 10.2 Å². The maximum atomic E-state index is 13.6. The number of nitrogens with zero attached hydrogens (tertiary/aromatic N) is 4. The van der Waals surface area contributed by atoms with Gasteiger partial charge in [-0.3, -0.25) is 9.69 Å². The molecule has 1 amide bonds. The number of benzene rings is 3. The van der Waals surface area contributed by atoms with Crippen molar-refractivity contribution in [2.24, 2.45) is 0 Å². The maximum absolute atomic E-state index is 13.6. The van der Waals surface area contributed by atoms with Gasteiger partial charge in [0.2, 0.25) is 5.95 Å². The number of anilines is 5. The molecule has 0 saturated carbocycles. The van der Waals surface area contributed by atoms with Gasteiger partial charge in [-0.1, -0.05) is 54.5 Å². The van der Waals surface area contributed by atoms with E-state index in [9.17, 15) is 4.79 Å². The van der Waals surface area contributed by atoms with E-state index >= 15 is 0 Å². The van der Waals surface area contributed by atoms with E-state index in [1.54, 1.807) is 11.1 Å². The van der Waals surface area contributed by atoms with Gasteiger partial charge in [0.1, 0.15) is 5.69 Å². The molecule has 1 aliphatic rings. The summed E-state index contributed by atoms with van der Waals surface area (Å²) in [6, 6.07) is 25.0. The molecule has 6 nitrogen and oxygen atoms in total. The summed E-state index contributed by atoms with van der Waals surface area (Å²) in [5, 5.41) is 3.22. The van der Waals surface area contributed by atoms with Gasteiger partial charge >= 0.3 is 0 Å². The van der Waals surface area contributed by atoms with Crippen LogP contribution < -0.4 is 15.1 Å². The lowest BCUT2D eigenvalue weighted by Crippen LogP contribution is -2.30. The third-order valence-electron chi connectivity index (χ3n) is 5.57. The number of amides is 1. The van der Waals surface area contributed by atoms with Crippen LogP contribution in [0.4, 0.5) is 28.8 Å². The van der Waals surface area contributed by atoms with Crippen molar-refractivity contribution in [1.82, 2.24) is 9.97 Å². The number of hydrogen-bond acceptors (Lipinski definition) is 5. The number of carbonyl (C=O) groups excluding carboxylic acids is 1. The number of hydrogen-bond donors (Lipinski definition) is 1. The molecule has 0 radical (unpaired) electrons. The van der Waals surface area contributed by atoms with Crippen LogP contribution >= 0.6 is 0 Å². The molecule has 3 aromatic carbocycles. The van der Waals surface area contributed by atoms with Crippen LogP contribution in [0, 0.1) is 12.3 Å². The van der Waals surface area contributed by atoms with Crippen molar-refractivity contribution in [1.29, 1.82) is 0 Å². The number of carbonyl (C=O) groups is 1. The lowest BCUT2D eigenvalue weighted by Gasteiger charge is -2.24. The minimum absolute atomic E-state index is 0.0916. The zero-order valence-corrected chi connectivity index (χ0v) is 18.1. The van der Waals surface area contributed by atoms with E-state index < -0.39 is 0 Å². The average molecular weight is 431 g/mol. The molecule has 2 heterocycles. The molecule has 6 heteroatoms. The molecule has 4 aromatic rings. The second-order valence-corrected chi connectivity index (χ2v) is 7.71. The summed E-state index contributed by atoms with van der Waals surface area (Å²) in [6.45, 7) is 0.412. The van der Waals surface area contributed by atoms with E-state index in [2.05, 4.69) is 16.2 Å². The fourth-order valence-electron chi connectivity index (χ4n) is 3.92. The van der Waals surface area contributed by atoms with Crippen molar-refractivity contribution in [3.05, 3.63) is 102 Å². The molecular weight excluding hydrogens is 410 g/mol. The molecule has 1 N–H and O–H groups in total. The number of para-hydroxylation sites is 1. The van der Waals surface area contributed by atoms with E-state index in [-0.39, 0.29) is 5.91 Å². The van der Waals surface area contributed by atoms with Crippen LogP contribution in [0.3, 0.4) is 0 Å². The monoisotopic (exact) mass is 431 g/mol. The van der Waals surface area contributed by atoms with Crippen LogP contribution in [0.2, 0.25) is 0 Å². The Labute approximate surface area is 192 Å². The summed E-state index contributed by atoms with van der Waals surface area (Å²) in [5.74, 6) is 3.59. The molecule has 160 valence electrons. The van der Waals surface area contributed by atoms with Gasteiger partial charge in [0.05, 0.1) is 24.0 Å². The van der Waals surface area contributed by atoms with Crippen LogP contribution in [0.5, 0.6) is 0 Å². The summed E-state index contributed by atoms with van der Waals surface area (Å²) in [5.41, 5.74) is 4.63. The number of fused-ring (bicyclic) bond motifs is 2. The summed E-state index contributed by atoms with van der Waals surface area (Å²) in [4.78, 5) is 26.6. The van der Waals surface area contributed by atoms with Gasteiger partial charge in [-0.25, -0.2) is 4.98 Å². The SMILES string of the molecule is C#Cc1cccc(Nc2ncc3c(n2)N(C)c2ccccc2C(=O)N3Cc2ccccc2)c1. The first-order valence-electron chi connectivity index (χ1n) is 10.5. The van der Waals surface area contributed by atoms with Crippen molar-refractivity contribution in [3.8, 4) is 12.3 Å². The highest BCUT2D eigenvalue weighted by atomic mass is 16.2. The summed E-state index contributed by atoms with van der Waals surface area (Å²) < 4.78 is 0. The van der Waals surface area contributed by atoms with Crippen LogP contribution in [-0.2, 0) is 6.54 Å². The zero-order chi connectivity index (χ0) is 22.8. The highest BCUT2D eigenvalue weighted by Crippen LogP contribution is 2.39. The van der Waals surface area contributed by atoms with Gasteiger partial charge in [0.25, 0.3) is 5.91 Å². The third kappa shape index (κ3) is 3.88. The molecule has 0 spiro atoms. The summed E-state index contributed by atoms with van der Waals surface area (Å²) in [6.07, 6.45) is 7.22. The molecule has 1 aromatic heterocycles. The molecular formula is C27H21N5O. The van der Waals surface area contributed by atoms with Gasteiger partial charge in [-0.15, -0.1) is 6.42 Å². The molecule has 0 saturated heterocycles. The molecule has 0 fully saturated rings. The predicted octanol–water partition coefficient (Wildman–Crippen LogP) is 5.13. The molecule has 0 bridgehead atoms. The zero-order valence-electron chi connectivity index (χ0n) is 18.1. The van der Waals surface area contributed by atoms with E-state index in [1.165, 1.54) is 0 Å². The van der Waals surface area contributed by atoms with E-state index in [0.29, 0.717) is 29.6 Å². The second kappa shape index (κ2) is 8.48. The molecule has 0 unspecified atom stereocenters. The Morgan fingerprint density at radius 3 is 2.58 bits per heavy atom. The third-order valence-corrected chi connectivity index (χ3v) is 5.57. The lowest BCUT2D eigenvalue weighted by atomic mass is 10.1. The first kappa shape index (κ1) is 20.3. The van der Waals surface area contributed by atoms with Crippen molar-refractivity contribution >= 4 is 34.7 Å². The van der Waals surface area contributed by atoms with Crippen LogP contribution in [-0.4, -0.2) is 22.9 Å². The number of rotatable bonds is 4. The van der Waals surface area contributed by atoms with Gasteiger partial charge in [-0.05, 0) is 35.9 Å². The normalized spacial score (nSPS) is 12.4. The minimum atomic E-state index is -0.0916. The second-order valence-electron chi connectivity index (χ2n) is 7.71. The number of aromatic nitrogens is 2. The van der Waals surface area contributed by atoms with E-state index in [1.807, 2.05) is 90.8 Å². The van der Waals surface area contributed by atoms with E-state index in [4.69, 9.17) is 11.4 Å². The quantitative estimate of drug-likeness (QED) is 0.454. The Morgan fingerprint density at radius 2 is 1.76 bits per heavy atom. The summed E-state index contributed by atoms with van der Waals surface area (Å²) >= 11 is 0. The van der Waals surface area contributed by atoms with E-state index in [0.717, 1.165) is 22.5 Å². The molecule has 33 heavy (non-hydrogen) atoms. The average Bonchev–Trinajstić information content (AvgIpc) is 2.94. The molecule has 0 atom stereocenters. The molecule has 1 aliphatic heterocycles. The Balaban J connectivity index is 1.60. The minimum Gasteiger partial charge on any atom is -0.327 e. The lowest BCUT2D eigenvalue weighted by molar-refractivity contribution is 0.0986. The first-order chi connectivity index (χ1) is 16.1. The first-order valence-corrected chi connectivity index (χ1v) is 10.5. The van der Waals surface area contributed by atoms with Gasteiger partial charge in [-0.2, -0.15) is 4.98 Å². The predicted molar refractivity (Wildman–Crippen MR) is 131 cm³/mol.